The number of carboxylic acids is 2. The topological polar surface area (TPSA) is 111 Å². The predicted octanol–water partition coefficient (Wildman–Crippen LogP) is 2.68. The van der Waals surface area contributed by atoms with E-state index < -0.39 is 17.5 Å². The molecule has 0 amide bonds. The fourth-order valence-electron chi connectivity index (χ4n) is 4.31. The van der Waals surface area contributed by atoms with Gasteiger partial charge in [0.25, 0.3) is 0 Å². The highest BCUT2D eigenvalue weighted by Gasteiger charge is 2.54. The van der Waals surface area contributed by atoms with Crippen LogP contribution in [0.5, 0.6) is 5.75 Å². The van der Waals surface area contributed by atoms with Crippen molar-refractivity contribution in [3.05, 3.63) is 40.4 Å². The highest BCUT2D eigenvalue weighted by atomic mass is 35.5. The fraction of sp³-hybridized carbons (Fsp3) is 0.421. The summed E-state index contributed by atoms with van der Waals surface area (Å²) >= 11 is 6.05. The van der Waals surface area contributed by atoms with Gasteiger partial charge < -0.3 is 14.9 Å². The summed E-state index contributed by atoms with van der Waals surface area (Å²) in [6, 6.07) is 6.89. The minimum absolute atomic E-state index is 0.106. The Morgan fingerprint density at radius 2 is 2.19 bits per heavy atom. The van der Waals surface area contributed by atoms with Crippen molar-refractivity contribution in [1.82, 2.24) is 4.90 Å². The first-order valence-electron chi connectivity index (χ1n) is 8.54. The minimum Gasteiger partial charge on any atom is -0.490 e. The van der Waals surface area contributed by atoms with Crippen molar-refractivity contribution in [3.8, 4) is 11.8 Å². The molecule has 2 N–H and O–H groups in total. The van der Waals surface area contributed by atoms with Gasteiger partial charge in [0, 0.05) is 24.6 Å². The summed E-state index contributed by atoms with van der Waals surface area (Å²) in [5, 5.41) is 28.0. The first-order chi connectivity index (χ1) is 12.8. The number of rotatable bonds is 5. The quantitative estimate of drug-likeness (QED) is 0.743. The van der Waals surface area contributed by atoms with E-state index in [1.165, 1.54) is 0 Å². The number of halogens is 1. The Morgan fingerprint density at radius 1 is 1.44 bits per heavy atom. The highest BCUT2D eigenvalue weighted by molar-refractivity contribution is 6.31. The van der Waals surface area contributed by atoms with Gasteiger partial charge >= 0.3 is 11.9 Å². The average Bonchev–Trinajstić information content (AvgIpc) is 2.79. The second-order valence-corrected chi connectivity index (χ2v) is 7.38. The molecule has 142 valence electrons. The summed E-state index contributed by atoms with van der Waals surface area (Å²) in [4.78, 5) is 24.9. The highest BCUT2D eigenvalue weighted by Crippen LogP contribution is 2.48. The fourth-order valence-corrected chi connectivity index (χ4v) is 4.52. The Labute approximate surface area is 161 Å². The third-order valence-corrected chi connectivity index (χ3v) is 5.89. The molecule has 0 aliphatic carbocycles. The maximum Gasteiger partial charge on any atom is 0.333 e. The second kappa shape index (κ2) is 7.22. The molecule has 2 aliphatic rings. The number of hydrogen-bond donors (Lipinski definition) is 2. The van der Waals surface area contributed by atoms with Crippen LogP contribution in [0.4, 0.5) is 0 Å². The molecule has 0 aromatic heterocycles. The number of carboxylic acid groups (broad SMARTS) is 2. The van der Waals surface area contributed by atoms with Crippen LogP contribution in [0.25, 0.3) is 0 Å². The zero-order chi connectivity index (χ0) is 19.8. The van der Waals surface area contributed by atoms with Gasteiger partial charge in [-0.25, -0.2) is 9.59 Å². The Bertz CT molecular complexity index is 862. The Morgan fingerprint density at radius 3 is 2.78 bits per heavy atom. The number of nitriles is 1. The van der Waals surface area contributed by atoms with Gasteiger partial charge in [-0.15, -0.1) is 0 Å². The van der Waals surface area contributed by atoms with Gasteiger partial charge in [0.15, 0.2) is 0 Å². The molecule has 1 aromatic rings. The molecular formula is C19H19ClN2O5. The summed E-state index contributed by atoms with van der Waals surface area (Å²) in [5.41, 5.74) is -0.651. The van der Waals surface area contributed by atoms with E-state index in [1.54, 1.807) is 18.2 Å². The van der Waals surface area contributed by atoms with Crippen molar-refractivity contribution in [2.45, 2.75) is 43.4 Å². The molecule has 2 saturated heterocycles. The zero-order valence-corrected chi connectivity index (χ0v) is 15.4. The molecule has 3 rings (SSSR count). The van der Waals surface area contributed by atoms with Gasteiger partial charge in [0.1, 0.15) is 17.9 Å². The van der Waals surface area contributed by atoms with Crippen LogP contribution in [0.3, 0.4) is 0 Å². The molecular weight excluding hydrogens is 372 g/mol. The van der Waals surface area contributed by atoms with Gasteiger partial charge in [-0.05, 0) is 38.4 Å². The normalized spacial score (nSPS) is 27.8. The van der Waals surface area contributed by atoms with Crippen molar-refractivity contribution in [2.24, 2.45) is 0 Å². The number of carbonyl (C=O) groups is 2. The number of fused-ring (bicyclic) bond motifs is 2. The Kier molecular flexibility index (Phi) is 5.13. The van der Waals surface area contributed by atoms with E-state index in [9.17, 15) is 14.7 Å². The predicted molar refractivity (Wildman–Crippen MR) is 96.7 cm³/mol. The lowest BCUT2D eigenvalue weighted by atomic mass is 9.80. The molecule has 0 saturated carbocycles. The number of piperidine rings is 1. The number of likely N-dealkylation sites (N-methyl/N-ethyl adjacent to an activating group) is 1. The van der Waals surface area contributed by atoms with Crippen molar-refractivity contribution in [1.29, 1.82) is 5.26 Å². The van der Waals surface area contributed by atoms with Crippen LogP contribution < -0.4 is 4.74 Å². The third-order valence-electron chi connectivity index (χ3n) is 5.58. The molecule has 8 heteroatoms. The van der Waals surface area contributed by atoms with E-state index >= 15 is 0 Å². The molecule has 27 heavy (non-hydrogen) atoms. The summed E-state index contributed by atoms with van der Waals surface area (Å²) in [6.45, 7) is 0. The molecule has 0 radical (unpaired) electrons. The van der Waals surface area contributed by atoms with E-state index in [1.807, 2.05) is 18.0 Å². The summed E-state index contributed by atoms with van der Waals surface area (Å²) in [5.74, 6) is -2.00. The van der Waals surface area contributed by atoms with Crippen molar-refractivity contribution in [3.63, 3.8) is 0 Å². The van der Waals surface area contributed by atoms with E-state index in [0.717, 1.165) is 12.5 Å². The van der Waals surface area contributed by atoms with E-state index in [-0.39, 0.29) is 22.7 Å². The molecule has 1 aromatic carbocycles. The SMILES string of the molecule is CN1C2CCC1(/C(=C\C(=O)O)C(=O)O)CC(Oc1ccc(C#N)c(Cl)c1)C2. The van der Waals surface area contributed by atoms with Crippen LogP contribution in [-0.4, -0.2) is 51.8 Å². The standard InChI is InChI=1S/C19H19ClN2O5/c1-22-12-4-5-19(22,15(18(25)26)8-17(23)24)9-14(6-12)27-13-3-2-11(10-21)16(20)7-13/h2-3,7-8,12,14H,4-6,9H2,1H3,(H,23,24)(H,25,26)/b15-8-. The van der Waals surface area contributed by atoms with E-state index in [0.29, 0.717) is 30.6 Å². The number of benzene rings is 1. The van der Waals surface area contributed by atoms with E-state index in [4.69, 9.17) is 26.7 Å². The lowest BCUT2D eigenvalue weighted by molar-refractivity contribution is -0.137. The third kappa shape index (κ3) is 3.51. The van der Waals surface area contributed by atoms with Gasteiger partial charge in [0.2, 0.25) is 0 Å². The first-order valence-corrected chi connectivity index (χ1v) is 8.92. The molecule has 2 fully saturated rings. The first kappa shape index (κ1) is 19.2. The lowest BCUT2D eigenvalue weighted by Crippen LogP contribution is -2.55. The lowest BCUT2D eigenvalue weighted by Gasteiger charge is -2.45. The van der Waals surface area contributed by atoms with Crippen molar-refractivity contribution < 1.29 is 24.5 Å². The number of aliphatic carboxylic acids is 2. The van der Waals surface area contributed by atoms with Gasteiger partial charge in [-0.2, -0.15) is 5.26 Å². The molecule has 2 aliphatic heterocycles. The Hall–Kier alpha value is -2.56. The van der Waals surface area contributed by atoms with Gasteiger partial charge in [-0.1, -0.05) is 11.6 Å². The van der Waals surface area contributed by atoms with Crippen molar-refractivity contribution >= 4 is 23.5 Å². The second-order valence-electron chi connectivity index (χ2n) is 6.97. The smallest absolute Gasteiger partial charge is 0.333 e. The monoisotopic (exact) mass is 390 g/mol. The van der Waals surface area contributed by atoms with Crippen LogP contribution in [0.1, 0.15) is 31.2 Å². The molecule has 7 nitrogen and oxygen atoms in total. The number of nitrogens with zero attached hydrogens (tertiary/aromatic N) is 2. The van der Waals surface area contributed by atoms with Crippen LogP contribution in [0.15, 0.2) is 29.8 Å². The van der Waals surface area contributed by atoms with Crippen LogP contribution >= 0.6 is 11.6 Å². The summed E-state index contributed by atoms with van der Waals surface area (Å²) < 4.78 is 6.04. The molecule has 3 unspecified atom stereocenters. The zero-order valence-electron chi connectivity index (χ0n) is 14.7. The summed E-state index contributed by atoms with van der Waals surface area (Å²) in [7, 11) is 1.84. The van der Waals surface area contributed by atoms with Gasteiger partial charge in [-0.3, -0.25) is 4.90 Å². The number of ether oxygens (including phenoxy) is 1. The van der Waals surface area contributed by atoms with E-state index in [2.05, 4.69) is 0 Å². The largest absolute Gasteiger partial charge is 0.490 e. The summed E-state index contributed by atoms with van der Waals surface area (Å²) in [6.07, 6.45) is 2.91. The Balaban J connectivity index is 1.89. The average molecular weight is 391 g/mol. The molecule has 2 heterocycles. The van der Waals surface area contributed by atoms with Crippen LogP contribution in [0.2, 0.25) is 5.02 Å². The molecule has 0 spiro atoms. The van der Waals surface area contributed by atoms with Crippen LogP contribution in [0, 0.1) is 11.3 Å². The maximum atomic E-state index is 11.8. The number of hydrogen-bond acceptors (Lipinski definition) is 5. The minimum atomic E-state index is -1.28. The van der Waals surface area contributed by atoms with Crippen LogP contribution in [-0.2, 0) is 9.59 Å². The maximum absolute atomic E-state index is 11.8. The molecule has 3 atom stereocenters. The molecule has 2 bridgehead atoms. The van der Waals surface area contributed by atoms with Crippen molar-refractivity contribution in [2.75, 3.05) is 7.05 Å². The van der Waals surface area contributed by atoms with Gasteiger partial charge in [0.05, 0.1) is 21.7 Å².